The van der Waals surface area contributed by atoms with Crippen LogP contribution in [0.2, 0.25) is 0 Å². The molecule has 0 saturated carbocycles. The van der Waals surface area contributed by atoms with Gasteiger partial charge in [-0.15, -0.1) is 0 Å². The first-order chi connectivity index (χ1) is 23.7. The minimum atomic E-state index is -0.919. The molecular formula is C37H57N7O6. The van der Waals surface area contributed by atoms with E-state index in [1.807, 2.05) is 72.7 Å². The number of likely N-dealkylation sites (N-methyl/N-ethyl adjacent to an activating group) is 1. The van der Waals surface area contributed by atoms with E-state index in [0.29, 0.717) is 37.0 Å². The monoisotopic (exact) mass is 695 g/mol. The summed E-state index contributed by atoms with van der Waals surface area (Å²) in [6, 6.07) is 6.98. The van der Waals surface area contributed by atoms with E-state index in [2.05, 4.69) is 31.9 Å². The highest BCUT2D eigenvalue weighted by Gasteiger charge is 2.31. The summed E-state index contributed by atoms with van der Waals surface area (Å²) in [7, 11) is 0. The molecule has 0 radical (unpaired) electrons. The highest BCUT2D eigenvalue weighted by atomic mass is 16.5. The molecule has 0 unspecified atom stereocenters. The molecule has 276 valence electrons. The molecular weight excluding hydrogens is 638 g/mol. The van der Waals surface area contributed by atoms with E-state index >= 15 is 0 Å². The number of aryl methyl sites for hydroxylation is 1. The van der Waals surface area contributed by atoms with Crippen molar-refractivity contribution in [2.45, 2.75) is 111 Å². The number of carbonyl (C=O) groups excluding carboxylic acids is 5. The van der Waals surface area contributed by atoms with E-state index < -0.39 is 42.0 Å². The number of nitrogens with zero attached hydrogens (tertiary/aromatic N) is 1. The Kier molecular flexibility index (Phi) is 17.4. The zero-order valence-electron chi connectivity index (χ0n) is 30.8. The number of carbonyl (C=O) groups is 5. The van der Waals surface area contributed by atoms with Gasteiger partial charge in [0.2, 0.25) is 23.6 Å². The van der Waals surface area contributed by atoms with Crippen LogP contribution in [0, 0.1) is 24.0 Å². The molecule has 2 aromatic rings. The lowest BCUT2D eigenvalue weighted by molar-refractivity contribution is -0.605. The van der Waals surface area contributed by atoms with E-state index in [0.717, 1.165) is 11.1 Å². The van der Waals surface area contributed by atoms with Gasteiger partial charge in [-0.05, 0) is 56.6 Å². The summed E-state index contributed by atoms with van der Waals surface area (Å²) >= 11 is 0. The second kappa shape index (κ2) is 20.9. The fourth-order valence-electron chi connectivity index (χ4n) is 5.40. The summed E-state index contributed by atoms with van der Waals surface area (Å²) in [4.78, 5) is 66.1. The molecule has 0 aliphatic carbocycles. The quantitative estimate of drug-likeness (QED) is 0.0905. The highest BCUT2D eigenvalue weighted by molar-refractivity contribution is 5.98. The summed E-state index contributed by atoms with van der Waals surface area (Å²) in [5.74, 6) is -2.32. The van der Waals surface area contributed by atoms with Crippen molar-refractivity contribution in [3.8, 4) is 0 Å². The van der Waals surface area contributed by atoms with Gasteiger partial charge in [0.05, 0.1) is 11.6 Å². The van der Waals surface area contributed by atoms with Gasteiger partial charge in [0, 0.05) is 31.3 Å². The van der Waals surface area contributed by atoms with E-state index in [1.54, 1.807) is 6.92 Å². The molecule has 6 N–H and O–H groups in total. The van der Waals surface area contributed by atoms with Crippen molar-refractivity contribution < 1.29 is 28.7 Å². The molecule has 1 aromatic heterocycles. The average Bonchev–Trinajstić information content (AvgIpc) is 3.08. The molecule has 2 rings (SSSR count). The third kappa shape index (κ3) is 13.1. The predicted octanol–water partition coefficient (Wildman–Crippen LogP) is 2.04. The van der Waals surface area contributed by atoms with Crippen molar-refractivity contribution in [3.63, 3.8) is 0 Å². The first kappa shape index (κ1) is 41.7. The number of nitrogens with one attached hydrogen (secondary N) is 6. The summed E-state index contributed by atoms with van der Waals surface area (Å²) in [6.07, 6.45) is 4.44. The van der Waals surface area contributed by atoms with E-state index in [9.17, 15) is 29.2 Å². The van der Waals surface area contributed by atoms with Gasteiger partial charge in [-0.3, -0.25) is 24.0 Å². The van der Waals surface area contributed by atoms with Crippen LogP contribution >= 0.6 is 0 Å². The highest BCUT2D eigenvalue weighted by Crippen LogP contribution is 2.13. The molecule has 5 amide bonds. The van der Waals surface area contributed by atoms with Gasteiger partial charge in [0.25, 0.3) is 5.91 Å². The Bertz CT molecular complexity index is 1420. The molecule has 0 bridgehead atoms. The summed E-state index contributed by atoms with van der Waals surface area (Å²) in [5.41, 5.74) is 2.31. The van der Waals surface area contributed by atoms with Crippen LogP contribution in [0.5, 0.6) is 0 Å². The van der Waals surface area contributed by atoms with Crippen molar-refractivity contribution in [1.82, 2.24) is 31.9 Å². The van der Waals surface area contributed by atoms with Crippen LogP contribution in [-0.4, -0.2) is 72.8 Å². The van der Waals surface area contributed by atoms with E-state index in [4.69, 9.17) is 0 Å². The van der Waals surface area contributed by atoms with E-state index in [-0.39, 0.29) is 41.7 Å². The Labute approximate surface area is 296 Å². The number of pyridine rings is 1. The first-order valence-electron chi connectivity index (χ1n) is 17.7. The third-order valence-corrected chi connectivity index (χ3v) is 8.79. The Balaban J connectivity index is 2.22. The van der Waals surface area contributed by atoms with Crippen molar-refractivity contribution in [3.05, 3.63) is 70.7 Å². The zero-order valence-corrected chi connectivity index (χ0v) is 30.8. The minimum absolute atomic E-state index is 0.116. The van der Waals surface area contributed by atoms with Gasteiger partial charge >= 0.3 is 0 Å². The smallest absolute Gasteiger partial charge is 0.252 e. The summed E-state index contributed by atoms with van der Waals surface area (Å²) < 4.78 is 0.567. The van der Waals surface area contributed by atoms with Crippen molar-refractivity contribution >= 4 is 29.5 Å². The Morgan fingerprint density at radius 2 is 1.44 bits per heavy atom. The topological polar surface area (TPSA) is 184 Å². The van der Waals surface area contributed by atoms with Gasteiger partial charge in [0.1, 0.15) is 18.1 Å². The van der Waals surface area contributed by atoms with Crippen LogP contribution < -0.4 is 36.6 Å². The van der Waals surface area contributed by atoms with Gasteiger partial charge < -0.3 is 37.1 Å². The van der Waals surface area contributed by atoms with Crippen LogP contribution in [0.4, 0.5) is 0 Å². The maximum atomic E-state index is 13.8. The fraction of sp³-hybridized carbons (Fsp3) is 0.568. The van der Waals surface area contributed by atoms with Gasteiger partial charge in [0.15, 0.2) is 12.4 Å². The molecule has 50 heavy (non-hydrogen) atoms. The zero-order chi connectivity index (χ0) is 37.4. The molecule has 1 aromatic carbocycles. The van der Waals surface area contributed by atoms with Crippen LogP contribution in [0.1, 0.15) is 89.2 Å². The molecule has 0 fully saturated rings. The number of aromatic nitrogens is 1. The van der Waals surface area contributed by atoms with Crippen LogP contribution in [0.25, 0.3) is 0 Å². The van der Waals surface area contributed by atoms with Crippen molar-refractivity contribution in [2.75, 3.05) is 13.1 Å². The molecule has 13 heteroatoms. The molecule has 0 saturated heterocycles. The lowest BCUT2D eigenvalue weighted by Crippen LogP contribution is -2.58. The molecule has 6 atom stereocenters. The summed E-state index contributed by atoms with van der Waals surface area (Å²) in [5, 5.41) is 29.0. The number of benzene rings is 1. The third-order valence-electron chi connectivity index (χ3n) is 8.79. The minimum Gasteiger partial charge on any atom is -0.619 e. The number of hydrogen-bond acceptors (Lipinski definition) is 7. The fourth-order valence-corrected chi connectivity index (χ4v) is 5.40. The molecule has 13 nitrogen and oxygen atoms in total. The van der Waals surface area contributed by atoms with Gasteiger partial charge in [-0.1, -0.05) is 71.7 Å². The Morgan fingerprint density at radius 1 is 0.780 bits per heavy atom. The second-order valence-electron chi connectivity index (χ2n) is 13.2. The lowest BCUT2D eigenvalue weighted by Gasteiger charge is -2.28. The molecule has 1 heterocycles. The van der Waals surface area contributed by atoms with Crippen LogP contribution in [0.3, 0.4) is 0 Å². The first-order valence-corrected chi connectivity index (χ1v) is 17.7. The Morgan fingerprint density at radius 3 is 2.02 bits per heavy atom. The van der Waals surface area contributed by atoms with Crippen molar-refractivity contribution in [1.29, 1.82) is 0 Å². The van der Waals surface area contributed by atoms with Gasteiger partial charge in [-0.2, -0.15) is 4.73 Å². The van der Waals surface area contributed by atoms with E-state index in [1.165, 1.54) is 24.5 Å². The average molecular weight is 696 g/mol. The molecule has 0 aliphatic rings. The van der Waals surface area contributed by atoms with Crippen molar-refractivity contribution in [2.24, 2.45) is 11.8 Å². The maximum Gasteiger partial charge on any atom is 0.252 e. The lowest BCUT2D eigenvalue weighted by atomic mass is 9.97. The molecule has 0 aliphatic heterocycles. The number of amides is 5. The van der Waals surface area contributed by atoms with Gasteiger partial charge in [-0.25, -0.2) is 0 Å². The largest absolute Gasteiger partial charge is 0.619 e. The summed E-state index contributed by atoms with van der Waals surface area (Å²) in [6.45, 7) is 15.6. The predicted molar refractivity (Wildman–Crippen MR) is 193 cm³/mol. The standard InChI is InChI=1S/C37H57N7O6/c1-9-14-30(41-37(49)32(24(6)10-2)43-34(46)27-17-19-44(50)20-18-27)35(47)40-29(21-28-16-13-12-15-25(28)7)22-39-26(8)33(45)42-31(23(4)5)36(48)38-11-3/h12-13,15-20,23-24,26,29-32,39H,9-11,14,21-22H2,1-8H3,(H,38,48)(H,40,47)(H,41,49)(H,42,45)(H,43,46)/t24-,26-,29-,30-,31-,32-/m0/s1. The van der Waals surface area contributed by atoms with Crippen LogP contribution in [0.15, 0.2) is 48.8 Å². The Hall–Kier alpha value is -4.52. The maximum absolute atomic E-state index is 13.8. The molecule has 0 spiro atoms. The normalized spacial score (nSPS) is 14.7. The number of hydrogen-bond donors (Lipinski definition) is 6. The number of rotatable bonds is 20. The second-order valence-corrected chi connectivity index (χ2v) is 13.2. The SMILES string of the molecule is CCC[C@H](NC(=O)[C@@H](NC(=O)c1cc[n+]([O-])cc1)[C@@H](C)CC)C(=O)N[C@H](CN[C@@H](C)C(=O)N[C@H](C(=O)NCC)C(C)C)Cc1ccccc1C. The van der Waals surface area contributed by atoms with Crippen LogP contribution in [-0.2, 0) is 25.6 Å².